The van der Waals surface area contributed by atoms with Crippen molar-refractivity contribution in [2.45, 2.75) is 13.8 Å². The van der Waals surface area contributed by atoms with Crippen molar-refractivity contribution in [3.8, 4) is 0 Å². The maximum atomic E-state index is 12.0. The number of halogens is 2. The van der Waals surface area contributed by atoms with Crippen LogP contribution in [0.3, 0.4) is 0 Å². The molecule has 0 fully saturated rings. The minimum atomic E-state index is -0.00255. The lowest BCUT2D eigenvalue weighted by Crippen LogP contribution is -2.22. The van der Waals surface area contributed by atoms with E-state index in [0.29, 0.717) is 30.4 Å². The molecule has 0 radical (unpaired) electrons. The molecule has 0 heterocycles. The van der Waals surface area contributed by atoms with E-state index in [1.807, 2.05) is 36.9 Å². The molecule has 4 heteroatoms. The molecule has 0 unspecified atom stereocenters. The molecule has 1 aromatic carbocycles. The number of alkyl halides is 2. The summed E-state index contributed by atoms with van der Waals surface area (Å²) in [5.41, 5.74) is 3.01. The number of hydrogen-bond donors (Lipinski definition) is 0. The molecule has 19 heavy (non-hydrogen) atoms. The number of carbonyl (C=O) groups is 1. The molecule has 1 aromatic rings. The number of benzene rings is 1. The minimum Gasteiger partial charge on any atom is -0.375 e. The molecular weight excluding hydrogens is 281 g/mol. The van der Waals surface area contributed by atoms with Gasteiger partial charge in [-0.05, 0) is 31.0 Å². The molecule has 0 aromatic heterocycles. The van der Waals surface area contributed by atoms with E-state index in [0.717, 1.165) is 5.56 Å². The van der Waals surface area contributed by atoms with E-state index < -0.39 is 0 Å². The van der Waals surface area contributed by atoms with Gasteiger partial charge in [-0.2, -0.15) is 0 Å². The van der Waals surface area contributed by atoms with Crippen LogP contribution >= 0.6 is 23.2 Å². The van der Waals surface area contributed by atoms with Crippen molar-refractivity contribution in [1.29, 1.82) is 0 Å². The van der Waals surface area contributed by atoms with Gasteiger partial charge >= 0.3 is 0 Å². The summed E-state index contributed by atoms with van der Waals surface area (Å²) in [4.78, 5) is 14.0. The normalized spacial score (nSPS) is 10.9. The van der Waals surface area contributed by atoms with Crippen molar-refractivity contribution in [1.82, 2.24) is 4.90 Å². The van der Waals surface area contributed by atoms with E-state index >= 15 is 0 Å². The zero-order chi connectivity index (χ0) is 14.3. The Bertz CT molecular complexity index is 451. The Kier molecular flexibility index (Phi) is 6.96. The SMILES string of the molecule is Cc1ccc(C(=O)/C=C/N(CCCl)CCCl)cc1C. The first-order valence-electron chi connectivity index (χ1n) is 6.24. The number of rotatable bonds is 7. The molecule has 1 rings (SSSR count). The fraction of sp³-hybridized carbons (Fsp3) is 0.400. The van der Waals surface area contributed by atoms with E-state index in [-0.39, 0.29) is 5.78 Å². The van der Waals surface area contributed by atoms with Gasteiger partial charge in [-0.3, -0.25) is 4.79 Å². The molecule has 0 N–H and O–H groups in total. The lowest BCUT2D eigenvalue weighted by molar-refractivity contribution is 0.104. The second-order valence-electron chi connectivity index (χ2n) is 4.39. The molecule has 0 aliphatic rings. The highest BCUT2D eigenvalue weighted by Gasteiger charge is 2.04. The Hall–Kier alpha value is -0.990. The summed E-state index contributed by atoms with van der Waals surface area (Å²) in [6.07, 6.45) is 3.34. The molecule has 0 spiro atoms. The van der Waals surface area contributed by atoms with Crippen LogP contribution in [-0.2, 0) is 0 Å². The molecule has 2 nitrogen and oxygen atoms in total. The van der Waals surface area contributed by atoms with Gasteiger partial charge < -0.3 is 4.90 Å². The molecule has 0 amide bonds. The second kappa shape index (κ2) is 8.23. The quantitative estimate of drug-likeness (QED) is 0.434. The fourth-order valence-corrected chi connectivity index (χ4v) is 2.08. The molecule has 0 atom stereocenters. The summed E-state index contributed by atoms with van der Waals surface area (Å²) in [6, 6.07) is 5.73. The van der Waals surface area contributed by atoms with Crippen LogP contribution in [0.4, 0.5) is 0 Å². The van der Waals surface area contributed by atoms with E-state index in [9.17, 15) is 4.79 Å². The summed E-state index contributed by atoms with van der Waals surface area (Å²) in [5.74, 6) is 1.02. The highest BCUT2D eigenvalue weighted by molar-refractivity contribution is 6.18. The fourth-order valence-electron chi connectivity index (χ4n) is 1.64. The molecule has 0 saturated heterocycles. The van der Waals surface area contributed by atoms with Crippen LogP contribution in [0.2, 0.25) is 0 Å². The third kappa shape index (κ3) is 5.25. The molecule has 0 aliphatic heterocycles. The number of nitrogens with zero attached hydrogens (tertiary/aromatic N) is 1. The first-order valence-corrected chi connectivity index (χ1v) is 7.31. The lowest BCUT2D eigenvalue weighted by Gasteiger charge is -2.16. The highest BCUT2D eigenvalue weighted by Crippen LogP contribution is 2.11. The average Bonchev–Trinajstić information content (AvgIpc) is 2.39. The standard InChI is InChI=1S/C15H19Cl2NO/c1-12-3-4-14(11-13(12)2)15(19)5-8-18(9-6-16)10-7-17/h3-5,8,11H,6-7,9-10H2,1-2H3/b8-5+. The molecule has 0 saturated carbocycles. The zero-order valence-electron chi connectivity index (χ0n) is 11.3. The number of aryl methyl sites for hydroxylation is 2. The van der Waals surface area contributed by atoms with Gasteiger partial charge in [-0.25, -0.2) is 0 Å². The van der Waals surface area contributed by atoms with Gasteiger partial charge in [0.1, 0.15) is 0 Å². The van der Waals surface area contributed by atoms with Crippen LogP contribution in [-0.4, -0.2) is 35.5 Å². The monoisotopic (exact) mass is 299 g/mol. The van der Waals surface area contributed by atoms with Crippen LogP contribution < -0.4 is 0 Å². The Morgan fingerprint density at radius 1 is 1.16 bits per heavy atom. The average molecular weight is 300 g/mol. The Balaban J connectivity index is 2.74. The first kappa shape index (κ1) is 16.1. The number of allylic oxidation sites excluding steroid dienone is 1. The molecule has 0 aliphatic carbocycles. The summed E-state index contributed by atoms with van der Waals surface area (Å²) in [5, 5.41) is 0. The van der Waals surface area contributed by atoms with E-state index in [1.54, 1.807) is 12.3 Å². The maximum Gasteiger partial charge on any atom is 0.187 e. The second-order valence-corrected chi connectivity index (χ2v) is 5.15. The van der Waals surface area contributed by atoms with Crippen molar-refractivity contribution in [3.63, 3.8) is 0 Å². The van der Waals surface area contributed by atoms with Gasteiger partial charge in [0.15, 0.2) is 5.78 Å². The molecular formula is C15H19Cl2NO. The summed E-state index contributed by atoms with van der Waals surface area (Å²) in [7, 11) is 0. The van der Waals surface area contributed by atoms with Crippen LogP contribution in [0.15, 0.2) is 30.5 Å². The van der Waals surface area contributed by atoms with Crippen LogP contribution in [0.1, 0.15) is 21.5 Å². The van der Waals surface area contributed by atoms with Gasteiger partial charge in [0.2, 0.25) is 0 Å². The topological polar surface area (TPSA) is 20.3 Å². The number of ketones is 1. The number of hydrogen-bond acceptors (Lipinski definition) is 2. The van der Waals surface area contributed by atoms with Gasteiger partial charge in [-0.15, -0.1) is 23.2 Å². The Labute approximate surface area is 125 Å². The van der Waals surface area contributed by atoms with Crippen molar-refractivity contribution >= 4 is 29.0 Å². The van der Waals surface area contributed by atoms with Crippen LogP contribution in [0, 0.1) is 13.8 Å². The predicted molar refractivity (Wildman–Crippen MR) is 82.4 cm³/mol. The Morgan fingerprint density at radius 2 is 1.79 bits per heavy atom. The van der Waals surface area contributed by atoms with E-state index in [2.05, 4.69) is 0 Å². The summed E-state index contributed by atoms with van der Waals surface area (Å²) in [6.45, 7) is 5.40. The molecule has 0 bridgehead atoms. The Morgan fingerprint density at radius 3 is 2.32 bits per heavy atom. The van der Waals surface area contributed by atoms with Crippen molar-refractivity contribution in [2.24, 2.45) is 0 Å². The van der Waals surface area contributed by atoms with Crippen LogP contribution in [0.25, 0.3) is 0 Å². The maximum absolute atomic E-state index is 12.0. The highest BCUT2D eigenvalue weighted by atomic mass is 35.5. The minimum absolute atomic E-state index is 0.00255. The number of carbonyl (C=O) groups excluding carboxylic acids is 1. The third-order valence-electron chi connectivity index (χ3n) is 2.97. The van der Waals surface area contributed by atoms with Crippen molar-refractivity contribution in [3.05, 3.63) is 47.2 Å². The van der Waals surface area contributed by atoms with Crippen LogP contribution in [0.5, 0.6) is 0 Å². The van der Waals surface area contributed by atoms with Crippen molar-refractivity contribution < 1.29 is 4.79 Å². The van der Waals surface area contributed by atoms with Gasteiger partial charge in [0, 0.05) is 42.7 Å². The summed E-state index contributed by atoms with van der Waals surface area (Å²) >= 11 is 11.4. The van der Waals surface area contributed by atoms with Gasteiger partial charge in [0.05, 0.1) is 0 Å². The van der Waals surface area contributed by atoms with Gasteiger partial charge in [0.25, 0.3) is 0 Å². The van der Waals surface area contributed by atoms with Crippen molar-refractivity contribution in [2.75, 3.05) is 24.8 Å². The zero-order valence-corrected chi connectivity index (χ0v) is 12.8. The van der Waals surface area contributed by atoms with E-state index in [1.165, 1.54) is 5.56 Å². The largest absolute Gasteiger partial charge is 0.375 e. The lowest BCUT2D eigenvalue weighted by atomic mass is 10.0. The first-order chi connectivity index (χ1) is 9.08. The third-order valence-corrected chi connectivity index (χ3v) is 3.31. The smallest absolute Gasteiger partial charge is 0.187 e. The summed E-state index contributed by atoms with van der Waals surface area (Å²) < 4.78 is 0. The van der Waals surface area contributed by atoms with E-state index in [4.69, 9.17) is 23.2 Å². The van der Waals surface area contributed by atoms with Gasteiger partial charge in [-0.1, -0.05) is 12.1 Å². The molecule has 104 valence electrons. The predicted octanol–water partition coefficient (Wildman–Crippen LogP) is 3.78.